The van der Waals surface area contributed by atoms with Crippen LogP contribution >= 0.6 is 11.8 Å². The molecule has 2 saturated heterocycles. The van der Waals surface area contributed by atoms with Crippen LogP contribution in [0.25, 0.3) is 0 Å². The molecule has 2 aliphatic rings. The molecule has 2 heterocycles. The van der Waals surface area contributed by atoms with Crippen molar-refractivity contribution in [2.45, 2.75) is 23.6 Å². The summed E-state index contributed by atoms with van der Waals surface area (Å²) in [7, 11) is 4.24. The van der Waals surface area contributed by atoms with Gasteiger partial charge in [-0.1, -0.05) is 6.07 Å². The van der Waals surface area contributed by atoms with Crippen LogP contribution in [0.1, 0.15) is 15.9 Å². The Labute approximate surface area is 216 Å². The second-order valence-corrected chi connectivity index (χ2v) is 9.46. The number of nitro groups is 1. The van der Waals surface area contributed by atoms with Gasteiger partial charge in [-0.25, -0.2) is 4.79 Å². The van der Waals surface area contributed by atoms with Crippen LogP contribution in [0.4, 0.5) is 5.69 Å². The summed E-state index contributed by atoms with van der Waals surface area (Å²) in [6.45, 7) is -0.146. The van der Waals surface area contributed by atoms with Gasteiger partial charge in [0.2, 0.25) is 5.91 Å². The van der Waals surface area contributed by atoms with E-state index in [1.807, 2.05) is 0 Å². The summed E-state index contributed by atoms with van der Waals surface area (Å²) in [5, 5.41) is 13.2. The molecule has 2 amide bonds. The minimum Gasteiger partial charge on any atom is -0.496 e. The summed E-state index contributed by atoms with van der Waals surface area (Å²) < 4.78 is 21.5. The Kier molecular flexibility index (Phi) is 7.55. The lowest BCUT2D eigenvalue weighted by atomic mass is 9.98. The highest BCUT2D eigenvalue weighted by molar-refractivity contribution is 8.00. The molecule has 0 saturated carbocycles. The molecule has 4 rings (SSSR count). The van der Waals surface area contributed by atoms with Crippen molar-refractivity contribution in [2.75, 3.05) is 33.6 Å². The monoisotopic (exact) mass is 531 g/mol. The molecule has 2 unspecified atom stereocenters. The number of esters is 1. The fourth-order valence-corrected chi connectivity index (χ4v) is 5.67. The van der Waals surface area contributed by atoms with E-state index in [-0.39, 0.29) is 41.4 Å². The molecule has 3 atom stereocenters. The van der Waals surface area contributed by atoms with E-state index >= 15 is 0 Å². The fourth-order valence-electron chi connectivity index (χ4n) is 4.16. The van der Waals surface area contributed by atoms with Gasteiger partial charge in [0.1, 0.15) is 35.1 Å². The summed E-state index contributed by atoms with van der Waals surface area (Å²) in [6, 6.07) is 9.78. The van der Waals surface area contributed by atoms with E-state index in [2.05, 4.69) is 5.32 Å². The summed E-state index contributed by atoms with van der Waals surface area (Å²) in [4.78, 5) is 50.7. The first-order valence-corrected chi connectivity index (χ1v) is 12.2. The standard InChI is InChI=1S/C24H25N3O9S/c1-33-16-5-4-6-17(34-2)18(16)20(28)25-19-21(29)26-12-24(35-3,13-37-22(19)26)23(30)36-11-14-7-9-15(10-8-14)27(31)32/h4-10,19,22H,11-13H2,1-3H3,(H,25,28)/t19?,22-,24?/m1/s1. The number of thioether (sulfide) groups is 1. The Morgan fingerprint density at radius 1 is 1.14 bits per heavy atom. The summed E-state index contributed by atoms with van der Waals surface area (Å²) in [5.41, 5.74) is -0.708. The molecule has 2 fully saturated rings. The van der Waals surface area contributed by atoms with Crippen molar-refractivity contribution < 1.29 is 38.3 Å². The number of methoxy groups -OCH3 is 3. The van der Waals surface area contributed by atoms with E-state index in [0.717, 1.165) is 0 Å². The van der Waals surface area contributed by atoms with Gasteiger partial charge >= 0.3 is 5.97 Å². The molecular weight excluding hydrogens is 506 g/mol. The molecule has 2 aliphatic heterocycles. The van der Waals surface area contributed by atoms with Crippen LogP contribution in [0, 0.1) is 10.1 Å². The van der Waals surface area contributed by atoms with Gasteiger partial charge in [-0.15, -0.1) is 11.8 Å². The minimum atomic E-state index is -1.39. The van der Waals surface area contributed by atoms with Gasteiger partial charge in [0.15, 0.2) is 5.60 Å². The number of amides is 2. The third-order valence-electron chi connectivity index (χ3n) is 6.28. The summed E-state index contributed by atoms with van der Waals surface area (Å²) in [6.07, 6.45) is 0. The van der Waals surface area contributed by atoms with E-state index in [0.29, 0.717) is 17.1 Å². The van der Waals surface area contributed by atoms with E-state index in [9.17, 15) is 24.5 Å². The Morgan fingerprint density at radius 2 is 1.78 bits per heavy atom. The first-order valence-electron chi connectivity index (χ1n) is 11.1. The maximum atomic E-state index is 13.0. The third-order valence-corrected chi connectivity index (χ3v) is 7.78. The zero-order valence-electron chi connectivity index (χ0n) is 20.3. The van der Waals surface area contributed by atoms with Crippen molar-refractivity contribution in [1.29, 1.82) is 0 Å². The van der Waals surface area contributed by atoms with Crippen LogP contribution in [0.3, 0.4) is 0 Å². The van der Waals surface area contributed by atoms with E-state index in [1.165, 1.54) is 62.3 Å². The quantitative estimate of drug-likeness (QED) is 0.220. The van der Waals surface area contributed by atoms with Crippen LogP contribution in [-0.4, -0.2) is 78.3 Å². The summed E-state index contributed by atoms with van der Waals surface area (Å²) >= 11 is 1.30. The Morgan fingerprint density at radius 3 is 2.35 bits per heavy atom. The van der Waals surface area contributed by atoms with Crippen molar-refractivity contribution in [2.24, 2.45) is 0 Å². The van der Waals surface area contributed by atoms with Gasteiger partial charge in [-0.05, 0) is 29.8 Å². The van der Waals surface area contributed by atoms with Crippen molar-refractivity contribution >= 4 is 35.2 Å². The number of nitrogens with zero attached hydrogens (tertiary/aromatic N) is 2. The minimum absolute atomic E-state index is 0.0382. The first kappa shape index (κ1) is 26.2. The molecule has 2 aromatic rings. The van der Waals surface area contributed by atoms with Crippen molar-refractivity contribution in [3.8, 4) is 11.5 Å². The maximum Gasteiger partial charge on any atom is 0.341 e. The fraction of sp³-hybridized carbons (Fsp3) is 0.375. The predicted octanol–water partition coefficient (Wildman–Crippen LogP) is 1.75. The number of ether oxygens (including phenoxy) is 4. The first-order chi connectivity index (χ1) is 17.7. The second kappa shape index (κ2) is 10.6. The number of β-lactam (4-membered cyclic amide) rings is 1. The largest absolute Gasteiger partial charge is 0.496 e. The number of nitro benzene ring substituents is 1. The zero-order chi connectivity index (χ0) is 26.7. The Balaban J connectivity index is 1.39. The van der Waals surface area contributed by atoms with Gasteiger partial charge in [0.05, 0.1) is 25.7 Å². The second-order valence-electron chi connectivity index (χ2n) is 8.35. The van der Waals surface area contributed by atoms with Gasteiger partial charge in [-0.2, -0.15) is 0 Å². The lowest BCUT2D eigenvalue weighted by Crippen LogP contribution is -2.75. The van der Waals surface area contributed by atoms with Gasteiger partial charge in [-0.3, -0.25) is 19.7 Å². The number of hydrogen-bond acceptors (Lipinski definition) is 10. The normalized spacial score (nSPS) is 22.4. The molecule has 0 bridgehead atoms. The smallest absolute Gasteiger partial charge is 0.341 e. The molecule has 2 aromatic carbocycles. The third kappa shape index (κ3) is 4.91. The number of fused-ring (bicyclic) bond motifs is 1. The predicted molar refractivity (Wildman–Crippen MR) is 131 cm³/mol. The number of carbonyl (C=O) groups is 3. The van der Waals surface area contributed by atoms with Gasteiger partial charge < -0.3 is 29.2 Å². The molecule has 37 heavy (non-hydrogen) atoms. The molecule has 196 valence electrons. The molecule has 0 radical (unpaired) electrons. The number of hydrogen-bond donors (Lipinski definition) is 1. The molecule has 0 aliphatic carbocycles. The Bertz CT molecular complexity index is 1200. The number of benzene rings is 2. The average molecular weight is 532 g/mol. The number of rotatable bonds is 9. The highest BCUT2D eigenvalue weighted by Gasteiger charge is 2.58. The van der Waals surface area contributed by atoms with Crippen LogP contribution in [0.5, 0.6) is 11.5 Å². The van der Waals surface area contributed by atoms with Gasteiger partial charge in [0.25, 0.3) is 11.6 Å². The molecule has 0 spiro atoms. The van der Waals surface area contributed by atoms with Crippen molar-refractivity contribution in [3.05, 3.63) is 63.7 Å². The average Bonchev–Trinajstić information content (AvgIpc) is 2.93. The zero-order valence-corrected chi connectivity index (χ0v) is 21.1. The van der Waals surface area contributed by atoms with E-state index in [1.54, 1.807) is 18.2 Å². The summed E-state index contributed by atoms with van der Waals surface area (Å²) in [5.74, 6) is -0.709. The highest BCUT2D eigenvalue weighted by atomic mass is 32.2. The van der Waals surface area contributed by atoms with Crippen LogP contribution in [0.2, 0.25) is 0 Å². The van der Waals surface area contributed by atoms with E-state index in [4.69, 9.17) is 18.9 Å². The molecule has 0 aromatic heterocycles. The van der Waals surface area contributed by atoms with Crippen molar-refractivity contribution in [3.63, 3.8) is 0 Å². The maximum absolute atomic E-state index is 13.0. The van der Waals surface area contributed by atoms with Crippen molar-refractivity contribution in [1.82, 2.24) is 10.2 Å². The lowest BCUT2D eigenvalue weighted by molar-refractivity contribution is -0.384. The SMILES string of the molecule is COc1cccc(OC)c1C(=O)NC1C(=O)N2CC(OC)(C(=O)OCc3ccc([N+](=O)[O-])cc3)CS[C@H]12. The van der Waals surface area contributed by atoms with E-state index < -0.39 is 28.4 Å². The van der Waals surface area contributed by atoms with Gasteiger partial charge in [0, 0.05) is 25.0 Å². The number of carbonyl (C=O) groups excluding carboxylic acids is 3. The van der Waals surface area contributed by atoms with Crippen LogP contribution in [-0.2, 0) is 25.7 Å². The van der Waals surface area contributed by atoms with Crippen LogP contribution in [0.15, 0.2) is 42.5 Å². The highest BCUT2D eigenvalue weighted by Crippen LogP contribution is 2.40. The molecule has 1 N–H and O–H groups in total. The number of non-ortho nitro benzene ring substituents is 1. The topological polar surface area (TPSA) is 147 Å². The molecule has 13 heteroatoms. The number of nitrogens with one attached hydrogen (secondary N) is 1. The Hall–Kier alpha value is -3.84. The lowest BCUT2D eigenvalue weighted by Gasteiger charge is -2.53. The molecule has 12 nitrogen and oxygen atoms in total. The van der Waals surface area contributed by atoms with Crippen LogP contribution < -0.4 is 14.8 Å². The molecular formula is C24H25N3O9S.